The van der Waals surface area contributed by atoms with Crippen LogP contribution in [0.1, 0.15) is 52.7 Å². The highest BCUT2D eigenvalue weighted by Gasteiger charge is 2.47. The number of anilines is 8. The van der Waals surface area contributed by atoms with Gasteiger partial charge in [0.05, 0.1) is 5.69 Å². The summed E-state index contributed by atoms with van der Waals surface area (Å²) in [4.78, 5) is 5.26. The quantitative estimate of drug-likeness (QED) is 0.140. The van der Waals surface area contributed by atoms with Crippen molar-refractivity contribution in [3.63, 3.8) is 0 Å². The van der Waals surface area contributed by atoms with Crippen LogP contribution in [0.4, 0.5) is 45.5 Å². The van der Waals surface area contributed by atoms with Crippen LogP contribution >= 0.6 is 0 Å². The van der Waals surface area contributed by atoms with Gasteiger partial charge in [-0.25, -0.2) is 0 Å². The Morgan fingerprint density at radius 2 is 0.887 bits per heavy atom. The Morgan fingerprint density at radius 3 is 1.54 bits per heavy atom. The lowest BCUT2D eigenvalue weighted by Gasteiger charge is -2.46. The summed E-state index contributed by atoms with van der Waals surface area (Å²) in [6.45, 7) is 13.8. The van der Waals surface area contributed by atoms with E-state index >= 15 is 0 Å². The maximum absolute atomic E-state index is 6.94. The summed E-state index contributed by atoms with van der Waals surface area (Å²) in [7, 11) is 0. The number of rotatable bonds is 4. The van der Waals surface area contributed by atoms with Crippen molar-refractivity contribution in [3.8, 4) is 33.8 Å². The molecule has 12 aromatic carbocycles. The Kier molecular flexibility index (Phi) is 10.0. The Morgan fingerprint density at radius 1 is 0.350 bits per heavy atom. The molecule has 0 spiro atoms. The van der Waals surface area contributed by atoms with Gasteiger partial charge in [0.1, 0.15) is 11.5 Å². The van der Waals surface area contributed by atoms with E-state index in [1.807, 2.05) is 0 Å². The molecule has 380 valence electrons. The van der Waals surface area contributed by atoms with Gasteiger partial charge >= 0.3 is 0 Å². The predicted octanol–water partition coefficient (Wildman–Crippen LogP) is 15.8. The zero-order valence-corrected chi connectivity index (χ0v) is 45.9. The molecule has 0 atom stereocenters. The SMILES string of the molecule is CC(C)(C)c1cc2c3c(c1)Oc1ccccc1B3c1cc3c(cc1N2)N(c1ccc2c4ccccc4c4ccccc4c2c1)c1cc(C(C)(C)C)cc2c1B3c1ccccc1N2c1c(-c2ccccc2)cccc1-c1ccccc1. The minimum absolute atomic E-state index is 0.0556. The predicted molar refractivity (Wildman–Crippen MR) is 342 cm³/mol. The molecule has 4 nitrogen and oxygen atoms in total. The summed E-state index contributed by atoms with van der Waals surface area (Å²) in [5.41, 5.74) is 23.6. The van der Waals surface area contributed by atoms with Crippen molar-refractivity contribution in [1.29, 1.82) is 0 Å². The lowest BCUT2D eigenvalue weighted by Crippen LogP contribution is -2.64. The average molecular weight is 1030 g/mol. The molecule has 0 fully saturated rings. The fourth-order valence-electron chi connectivity index (χ4n) is 13.9. The molecule has 16 rings (SSSR count). The number of ether oxygens (including phenoxy) is 1. The Balaban J connectivity index is 1.04. The number of hydrogen-bond donors (Lipinski definition) is 1. The Labute approximate surface area is 469 Å². The molecule has 1 N–H and O–H groups in total. The molecular formula is C74H57B2N3O. The molecule has 0 unspecified atom stereocenters. The second-order valence-electron chi connectivity index (χ2n) is 24.5. The topological polar surface area (TPSA) is 27.7 Å². The van der Waals surface area contributed by atoms with E-state index in [2.05, 4.69) is 287 Å². The van der Waals surface area contributed by atoms with Crippen molar-refractivity contribution < 1.29 is 4.74 Å². The van der Waals surface area contributed by atoms with Crippen LogP contribution in [0.15, 0.2) is 231 Å². The number of fused-ring (bicyclic) bond motifs is 14. The summed E-state index contributed by atoms with van der Waals surface area (Å²) >= 11 is 0. The van der Waals surface area contributed by atoms with E-state index in [0.29, 0.717) is 0 Å². The summed E-state index contributed by atoms with van der Waals surface area (Å²) in [6, 6.07) is 86.7. The van der Waals surface area contributed by atoms with Crippen molar-refractivity contribution in [2.24, 2.45) is 0 Å². The molecule has 80 heavy (non-hydrogen) atoms. The highest BCUT2D eigenvalue weighted by atomic mass is 16.5. The first-order valence-electron chi connectivity index (χ1n) is 28.3. The summed E-state index contributed by atoms with van der Waals surface area (Å²) in [5.74, 6) is 1.84. The number of nitrogens with zero attached hydrogens (tertiary/aromatic N) is 2. The molecule has 0 saturated carbocycles. The van der Waals surface area contributed by atoms with E-state index in [-0.39, 0.29) is 24.3 Å². The summed E-state index contributed by atoms with van der Waals surface area (Å²) in [5, 5.41) is 11.7. The van der Waals surface area contributed by atoms with Gasteiger partial charge < -0.3 is 19.9 Å². The number of hydrogen-bond acceptors (Lipinski definition) is 4. The smallest absolute Gasteiger partial charge is 0.256 e. The van der Waals surface area contributed by atoms with Crippen molar-refractivity contribution in [1.82, 2.24) is 0 Å². The van der Waals surface area contributed by atoms with Crippen molar-refractivity contribution >= 4 is 124 Å². The van der Waals surface area contributed by atoms with E-state index in [9.17, 15) is 0 Å². The van der Waals surface area contributed by atoms with Gasteiger partial charge in [-0.2, -0.15) is 0 Å². The minimum atomic E-state index is -0.213. The van der Waals surface area contributed by atoms with Crippen LogP contribution < -0.4 is 52.6 Å². The highest BCUT2D eigenvalue weighted by Crippen LogP contribution is 2.52. The fraction of sp³-hybridized carbons (Fsp3) is 0.108. The molecule has 0 aliphatic carbocycles. The molecule has 4 aliphatic rings. The van der Waals surface area contributed by atoms with Gasteiger partial charge in [-0.15, -0.1) is 0 Å². The molecule has 0 bridgehead atoms. The zero-order valence-electron chi connectivity index (χ0n) is 45.9. The van der Waals surface area contributed by atoms with E-state index in [1.165, 1.54) is 121 Å². The van der Waals surface area contributed by atoms with Crippen molar-refractivity contribution in [2.45, 2.75) is 52.4 Å². The van der Waals surface area contributed by atoms with Gasteiger partial charge in [0.2, 0.25) is 0 Å². The molecule has 6 heteroatoms. The maximum atomic E-state index is 6.94. The maximum Gasteiger partial charge on any atom is 0.256 e. The van der Waals surface area contributed by atoms with Gasteiger partial charge in [0.15, 0.2) is 0 Å². The van der Waals surface area contributed by atoms with E-state index in [1.54, 1.807) is 0 Å². The normalized spacial score (nSPS) is 13.7. The van der Waals surface area contributed by atoms with Gasteiger partial charge in [-0.05, 0) is 153 Å². The molecule has 0 amide bonds. The van der Waals surface area contributed by atoms with Gasteiger partial charge in [0, 0.05) is 50.9 Å². The molecular weight excluding hydrogens is 968 g/mol. The molecule has 0 saturated heterocycles. The fourth-order valence-corrected chi connectivity index (χ4v) is 13.9. The second kappa shape index (κ2) is 17.1. The largest absolute Gasteiger partial charge is 0.458 e. The molecule has 12 aromatic rings. The van der Waals surface area contributed by atoms with Crippen LogP contribution in [-0.2, 0) is 10.8 Å². The van der Waals surface area contributed by atoms with Crippen molar-refractivity contribution in [3.05, 3.63) is 242 Å². The van der Waals surface area contributed by atoms with E-state index in [4.69, 9.17) is 4.74 Å². The minimum Gasteiger partial charge on any atom is -0.458 e. The number of nitrogens with one attached hydrogen (secondary N) is 1. The van der Waals surface area contributed by atoms with Gasteiger partial charge in [-0.3, -0.25) is 0 Å². The van der Waals surface area contributed by atoms with Crippen molar-refractivity contribution in [2.75, 3.05) is 15.1 Å². The van der Waals surface area contributed by atoms with Gasteiger partial charge in [-0.1, -0.05) is 217 Å². The average Bonchev–Trinajstić information content (AvgIpc) is 3.15. The highest BCUT2D eigenvalue weighted by molar-refractivity contribution is 7.02. The second-order valence-corrected chi connectivity index (χ2v) is 24.5. The Hall–Kier alpha value is -9.25. The van der Waals surface area contributed by atoms with Crippen LogP contribution in [0, 0.1) is 0 Å². The number of para-hydroxylation sites is 3. The zero-order chi connectivity index (χ0) is 53.8. The molecule has 4 heterocycles. The van der Waals surface area contributed by atoms with E-state index < -0.39 is 0 Å². The third-order valence-corrected chi connectivity index (χ3v) is 17.8. The van der Waals surface area contributed by atoms with Crippen LogP contribution in [0.2, 0.25) is 0 Å². The van der Waals surface area contributed by atoms with Crippen LogP contribution in [0.3, 0.4) is 0 Å². The standard InChI is InChI=1S/C74H57B2N3O/c1-73(2,3)47-38-63-70-69(41-47)80-68-35-20-18-33-59(68)76(70)60-43-61-65(44-62(60)77-63)78(49-36-37-56-54-28-14-13-26-52(54)53-27-15-16-29-55(53)57(56)42-49)66-39-48(74(4,5)6)40-67-71(66)75(61)58-32-17-19-34-64(58)79(67)72-50(45-22-9-7-10-23-45)30-21-31-51(72)46-24-11-8-12-25-46/h7-44,77H,1-6H3. The Bertz CT molecular complexity index is 4500. The van der Waals surface area contributed by atoms with E-state index in [0.717, 1.165) is 34.2 Å². The third kappa shape index (κ3) is 6.91. The monoisotopic (exact) mass is 1030 g/mol. The molecule has 4 aliphatic heterocycles. The summed E-state index contributed by atoms with van der Waals surface area (Å²) in [6.07, 6.45) is 0. The first-order valence-corrected chi connectivity index (χ1v) is 28.3. The molecule has 0 radical (unpaired) electrons. The first kappa shape index (κ1) is 46.8. The first-order chi connectivity index (χ1) is 39.0. The van der Waals surface area contributed by atoms with Crippen LogP contribution in [-0.4, -0.2) is 13.4 Å². The van der Waals surface area contributed by atoms with Crippen LogP contribution in [0.25, 0.3) is 54.6 Å². The van der Waals surface area contributed by atoms with Crippen LogP contribution in [0.5, 0.6) is 11.5 Å². The lowest BCUT2D eigenvalue weighted by molar-refractivity contribution is 0.483. The third-order valence-electron chi connectivity index (χ3n) is 17.8. The van der Waals surface area contributed by atoms with Gasteiger partial charge in [0.25, 0.3) is 13.4 Å². The molecule has 0 aromatic heterocycles. The number of benzene rings is 12. The summed E-state index contributed by atoms with van der Waals surface area (Å²) < 4.78 is 6.94. The lowest BCUT2D eigenvalue weighted by atomic mass is 9.30.